The van der Waals surface area contributed by atoms with E-state index in [-0.39, 0.29) is 5.91 Å². The van der Waals surface area contributed by atoms with Crippen LogP contribution in [0.25, 0.3) is 20.8 Å². The molecule has 5 nitrogen and oxygen atoms in total. The molecule has 0 radical (unpaired) electrons. The molecule has 0 aliphatic carbocycles. The molecule has 3 aromatic rings. The van der Waals surface area contributed by atoms with Crippen molar-refractivity contribution in [3.05, 3.63) is 34.7 Å². The monoisotopic (exact) mass is 471 g/mol. The maximum Gasteiger partial charge on any atom is 0.226 e. The highest BCUT2D eigenvalue weighted by Gasteiger charge is 2.36. The van der Waals surface area contributed by atoms with E-state index in [1.165, 1.54) is 15.1 Å². The molecule has 1 aliphatic rings. The summed E-state index contributed by atoms with van der Waals surface area (Å²) in [6, 6.07) is 9.29. The zero-order valence-corrected chi connectivity index (χ0v) is 21.5. The van der Waals surface area contributed by atoms with Crippen LogP contribution < -0.4 is 10.6 Å². The van der Waals surface area contributed by atoms with Gasteiger partial charge in [-0.1, -0.05) is 19.1 Å². The van der Waals surface area contributed by atoms with Crippen LogP contribution >= 0.6 is 22.7 Å². The summed E-state index contributed by atoms with van der Waals surface area (Å²) in [4.78, 5) is 19.2. The van der Waals surface area contributed by atoms with Crippen molar-refractivity contribution in [1.82, 2.24) is 10.3 Å². The van der Waals surface area contributed by atoms with Gasteiger partial charge in [-0.25, -0.2) is 4.98 Å². The van der Waals surface area contributed by atoms with Crippen LogP contribution in [-0.4, -0.2) is 47.6 Å². The molecule has 0 saturated heterocycles. The minimum Gasteiger partial charge on any atom is -0.319 e. The molecule has 32 heavy (non-hydrogen) atoms. The van der Waals surface area contributed by atoms with Gasteiger partial charge in [0.05, 0.1) is 34.7 Å². The Morgan fingerprint density at radius 2 is 2.00 bits per heavy atom. The van der Waals surface area contributed by atoms with Gasteiger partial charge >= 0.3 is 0 Å². The second kappa shape index (κ2) is 9.59. The van der Waals surface area contributed by atoms with Crippen LogP contribution in [0.2, 0.25) is 0 Å². The summed E-state index contributed by atoms with van der Waals surface area (Å²) in [6.07, 6.45) is 2.57. The van der Waals surface area contributed by atoms with Gasteiger partial charge in [0.15, 0.2) is 0 Å². The van der Waals surface area contributed by atoms with Crippen molar-refractivity contribution >= 4 is 43.8 Å². The summed E-state index contributed by atoms with van der Waals surface area (Å²) >= 11 is 3.48. The van der Waals surface area contributed by atoms with E-state index < -0.39 is 0 Å². The van der Waals surface area contributed by atoms with E-state index in [1.807, 2.05) is 6.07 Å². The third-order valence-electron chi connectivity index (χ3n) is 6.93. The lowest BCUT2D eigenvalue weighted by molar-refractivity contribution is -0.943. The molecule has 7 heteroatoms. The Bertz CT molecular complexity index is 1070. The second-order valence-electron chi connectivity index (χ2n) is 9.46. The number of quaternary nitrogens is 1. The molecular formula is C25H35N4OS2+. The van der Waals surface area contributed by atoms with Crippen LogP contribution in [0.3, 0.4) is 0 Å². The number of rotatable bonds is 8. The number of hydrogen-bond donors (Lipinski definition) is 2. The number of para-hydroxylation sites is 1. The number of carbonyl (C=O) groups excluding carboxylic acids is 1. The average Bonchev–Trinajstić information content (AvgIpc) is 3.33. The third-order valence-corrected chi connectivity index (χ3v) is 9.12. The van der Waals surface area contributed by atoms with Crippen LogP contribution in [0, 0.1) is 0 Å². The fourth-order valence-corrected chi connectivity index (χ4v) is 6.71. The Morgan fingerprint density at radius 3 is 2.72 bits per heavy atom. The quantitative estimate of drug-likeness (QED) is 0.417. The van der Waals surface area contributed by atoms with Crippen molar-refractivity contribution in [2.75, 3.05) is 25.5 Å². The number of hydrogen-bond acceptors (Lipinski definition) is 5. The maximum atomic E-state index is 12.8. The first-order chi connectivity index (χ1) is 15.3. The molecule has 3 heterocycles. The van der Waals surface area contributed by atoms with Gasteiger partial charge in [-0.3, -0.25) is 4.79 Å². The SMILES string of the molecule is CCC(C)NCCC(=O)Nc1sc2c(c1-c1nc3ccccc3s1)CC[N+](C)(C(C)C)C2. The largest absolute Gasteiger partial charge is 0.319 e. The van der Waals surface area contributed by atoms with Gasteiger partial charge in [-0.15, -0.1) is 22.7 Å². The number of benzene rings is 1. The van der Waals surface area contributed by atoms with Crippen molar-refractivity contribution in [2.45, 2.75) is 65.6 Å². The van der Waals surface area contributed by atoms with Gasteiger partial charge in [0, 0.05) is 31.0 Å². The van der Waals surface area contributed by atoms with E-state index in [1.54, 1.807) is 22.7 Å². The number of nitrogens with one attached hydrogen (secondary N) is 2. The number of likely N-dealkylation sites (N-methyl/N-ethyl adjacent to an activating group) is 1. The van der Waals surface area contributed by atoms with E-state index >= 15 is 0 Å². The van der Waals surface area contributed by atoms with E-state index in [0.29, 0.717) is 25.0 Å². The number of aromatic nitrogens is 1. The van der Waals surface area contributed by atoms with Crippen molar-refractivity contribution < 1.29 is 9.28 Å². The fraction of sp³-hybridized carbons (Fsp3) is 0.520. The minimum atomic E-state index is 0.0721. The van der Waals surface area contributed by atoms with Crippen LogP contribution in [-0.2, 0) is 17.8 Å². The van der Waals surface area contributed by atoms with Crippen molar-refractivity contribution in [1.29, 1.82) is 0 Å². The third kappa shape index (κ3) is 4.76. The Labute approximate surface area is 199 Å². The number of fused-ring (bicyclic) bond motifs is 2. The van der Waals surface area contributed by atoms with Gasteiger partial charge in [-0.2, -0.15) is 0 Å². The summed E-state index contributed by atoms with van der Waals surface area (Å²) < 4.78 is 2.23. The van der Waals surface area contributed by atoms with Crippen LogP contribution in [0.5, 0.6) is 0 Å². The molecule has 4 rings (SSSR count). The van der Waals surface area contributed by atoms with Crippen molar-refractivity contribution in [3.63, 3.8) is 0 Å². The maximum absolute atomic E-state index is 12.8. The highest BCUT2D eigenvalue weighted by atomic mass is 32.1. The molecule has 2 aromatic heterocycles. The molecule has 2 unspecified atom stereocenters. The summed E-state index contributed by atoms with van der Waals surface area (Å²) in [6.45, 7) is 11.7. The lowest BCUT2D eigenvalue weighted by atomic mass is 10.00. The Balaban J connectivity index is 1.66. The number of thiazole rings is 1. The zero-order valence-electron chi connectivity index (χ0n) is 19.8. The van der Waals surface area contributed by atoms with Crippen molar-refractivity contribution in [2.24, 2.45) is 0 Å². The first-order valence-corrected chi connectivity index (χ1v) is 13.3. The standard InChI is InChI=1S/C25H34N4OS2/c1-6-17(4)26-13-11-22(30)28-25-23(24-27-19-9-7-8-10-20(19)31-24)18-12-14-29(5,16(2)3)15-21(18)32-25/h7-10,16-17,26H,6,11-15H2,1-5H3/p+1. The lowest BCUT2D eigenvalue weighted by Crippen LogP contribution is -2.51. The number of thiophene rings is 1. The normalized spacial score (nSPS) is 19.3. The van der Waals surface area contributed by atoms with Gasteiger partial charge in [0.25, 0.3) is 0 Å². The number of anilines is 1. The first-order valence-electron chi connectivity index (χ1n) is 11.7. The molecule has 0 bridgehead atoms. The fourth-order valence-electron chi connectivity index (χ4n) is 4.18. The molecule has 2 N–H and O–H groups in total. The summed E-state index contributed by atoms with van der Waals surface area (Å²) in [5, 5.41) is 8.67. The summed E-state index contributed by atoms with van der Waals surface area (Å²) in [7, 11) is 2.35. The number of carbonyl (C=O) groups is 1. The summed E-state index contributed by atoms with van der Waals surface area (Å²) in [5.41, 5.74) is 3.57. The topological polar surface area (TPSA) is 54.0 Å². The Hall–Kier alpha value is -1.80. The predicted molar refractivity (Wildman–Crippen MR) is 138 cm³/mol. The smallest absolute Gasteiger partial charge is 0.226 e. The zero-order chi connectivity index (χ0) is 22.9. The van der Waals surface area contributed by atoms with Gasteiger partial charge < -0.3 is 15.1 Å². The molecule has 1 aliphatic heterocycles. The molecule has 1 aromatic carbocycles. The van der Waals surface area contributed by atoms with Gasteiger partial charge in [-0.05, 0) is 44.9 Å². The second-order valence-corrected chi connectivity index (χ2v) is 11.6. The number of nitrogens with zero attached hydrogens (tertiary/aromatic N) is 2. The summed E-state index contributed by atoms with van der Waals surface area (Å²) in [5.74, 6) is 0.0721. The molecule has 0 spiro atoms. The Morgan fingerprint density at radius 1 is 1.22 bits per heavy atom. The molecule has 1 amide bonds. The van der Waals surface area contributed by atoms with E-state index in [0.717, 1.165) is 51.5 Å². The molecule has 0 fully saturated rings. The number of amides is 1. The van der Waals surface area contributed by atoms with Crippen LogP contribution in [0.1, 0.15) is 51.0 Å². The van der Waals surface area contributed by atoms with Crippen molar-refractivity contribution in [3.8, 4) is 10.6 Å². The molecular weight excluding hydrogens is 436 g/mol. The predicted octanol–water partition coefficient (Wildman–Crippen LogP) is 5.65. The minimum absolute atomic E-state index is 0.0721. The lowest BCUT2D eigenvalue weighted by Gasteiger charge is -2.41. The molecule has 2 atom stereocenters. The average molecular weight is 472 g/mol. The van der Waals surface area contributed by atoms with E-state index in [4.69, 9.17) is 4.98 Å². The highest BCUT2D eigenvalue weighted by Crippen LogP contribution is 2.46. The molecule has 172 valence electrons. The van der Waals surface area contributed by atoms with E-state index in [2.05, 4.69) is 63.6 Å². The van der Waals surface area contributed by atoms with Gasteiger partial charge in [0.2, 0.25) is 5.91 Å². The van der Waals surface area contributed by atoms with E-state index in [9.17, 15) is 4.79 Å². The first kappa shape index (κ1) is 23.4. The van der Waals surface area contributed by atoms with Gasteiger partial charge in [0.1, 0.15) is 16.6 Å². The van der Waals surface area contributed by atoms with Crippen LogP contribution in [0.15, 0.2) is 24.3 Å². The highest BCUT2D eigenvalue weighted by molar-refractivity contribution is 7.22. The molecule has 0 saturated carbocycles. The van der Waals surface area contributed by atoms with Crippen LogP contribution in [0.4, 0.5) is 5.00 Å². The Kier molecular flexibility index (Phi) is 7.00.